The predicted octanol–water partition coefficient (Wildman–Crippen LogP) is 0.0556. The SMILES string of the molecule is NC(=O)C1C(=O)C[C@@H]2[C@@H](O)[C@H]3C(C(=O)c4c(O)cccc4C3COCc3ccccc3)C(=O)[C@]2(O)C1=O. The van der Waals surface area contributed by atoms with Crippen molar-refractivity contribution in [1.29, 1.82) is 0 Å². The molecule has 0 aliphatic heterocycles. The van der Waals surface area contributed by atoms with Crippen molar-refractivity contribution in [2.45, 2.75) is 30.7 Å². The van der Waals surface area contributed by atoms with Gasteiger partial charge in [-0.25, -0.2) is 0 Å². The Bertz CT molecular complexity index is 1320. The van der Waals surface area contributed by atoms with E-state index < -0.39 is 82.5 Å². The average Bonchev–Trinajstić information content (AvgIpc) is 2.86. The number of ketones is 4. The number of benzene rings is 2. The second-order valence-corrected chi connectivity index (χ2v) is 9.87. The molecule has 5 rings (SSSR count). The number of Topliss-reactive ketones (excluding diaryl/α,β-unsaturated/α-hetero) is 4. The lowest BCUT2D eigenvalue weighted by molar-refractivity contribution is -0.190. The number of hydrogen-bond acceptors (Lipinski definition) is 9. The molecule has 7 atom stereocenters. The molecule has 5 N–H and O–H groups in total. The first-order valence-corrected chi connectivity index (χ1v) is 11.9. The van der Waals surface area contributed by atoms with Crippen LogP contribution in [0.2, 0.25) is 0 Å². The van der Waals surface area contributed by atoms with Gasteiger partial charge in [0, 0.05) is 24.2 Å². The van der Waals surface area contributed by atoms with Crippen LogP contribution in [0.3, 0.4) is 0 Å². The summed E-state index contributed by atoms with van der Waals surface area (Å²) in [6.07, 6.45) is -2.30. The van der Waals surface area contributed by atoms with Crippen LogP contribution in [0.25, 0.3) is 0 Å². The van der Waals surface area contributed by atoms with Gasteiger partial charge in [0.15, 0.2) is 34.7 Å². The van der Waals surface area contributed by atoms with E-state index >= 15 is 0 Å². The molecule has 3 unspecified atom stereocenters. The summed E-state index contributed by atoms with van der Waals surface area (Å²) in [7, 11) is 0. The summed E-state index contributed by atoms with van der Waals surface area (Å²) < 4.78 is 5.90. The number of phenols is 1. The van der Waals surface area contributed by atoms with Crippen LogP contribution in [-0.4, -0.2) is 62.7 Å². The number of fused-ring (bicyclic) bond motifs is 3. The van der Waals surface area contributed by atoms with Crippen LogP contribution in [0, 0.1) is 23.7 Å². The molecule has 0 bridgehead atoms. The topological polar surface area (TPSA) is 181 Å². The molecule has 10 nitrogen and oxygen atoms in total. The smallest absolute Gasteiger partial charge is 0.235 e. The van der Waals surface area contributed by atoms with Crippen molar-refractivity contribution in [1.82, 2.24) is 0 Å². The van der Waals surface area contributed by atoms with Gasteiger partial charge in [-0.15, -0.1) is 0 Å². The van der Waals surface area contributed by atoms with Crippen LogP contribution in [0.4, 0.5) is 0 Å². The van der Waals surface area contributed by atoms with Crippen LogP contribution < -0.4 is 5.73 Å². The lowest BCUT2D eigenvalue weighted by Crippen LogP contribution is -2.72. The van der Waals surface area contributed by atoms with Gasteiger partial charge in [0.25, 0.3) is 0 Å². The van der Waals surface area contributed by atoms with Gasteiger partial charge < -0.3 is 25.8 Å². The number of phenolic OH excluding ortho intramolecular Hbond substituents is 1. The zero-order valence-electron chi connectivity index (χ0n) is 19.6. The Kier molecular flexibility index (Phi) is 6.06. The molecule has 0 aromatic heterocycles. The number of hydrogen-bond donors (Lipinski definition) is 4. The molecule has 2 fully saturated rings. The molecule has 2 saturated carbocycles. The molecule has 2 aromatic rings. The quantitative estimate of drug-likeness (QED) is 0.407. The number of primary amides is 1. The van der Waals surface area contributed by atoms with E-state index in [2.05, 4.69) is 0 Å². The number of carbonyl (C=O) groups is 5. The van der Waals surface area contributed by atoms with Crippen molar-refractivity contribution in [2.24, 2.45) is 29.4 Å². The number of aliphatic hydroxyl groups excluding tert-OH is 1. The summed E-state index contributed by atoms with van der Waals surface area (Å²) >= 11 is 0. The van der Waals surface area contributed by atoms with Gasteiger partial charge in [-0.05, 0) is 17.2 Å². The Balaban J connectivity index is 1.58. The van der Waals surface area contributed by atoms with E-state index in [0.717, 1.165) is 5.56 Å². The summed E-state index contributed by atoms with van der Waals surface area (Å²) in [5, 5.41) is 33.3. The minimum atomic E-state index is -2.96. The van der Waals surface area contributed by atoms with Crippen molar-refractivity contribution in [2.75, 3.05) is 6.61 Å². The van der Waals surface area contributed by atoms with E-state index in [0.29, 0.717) is 5.56 Å². The van der Waals surface area contributed by atoms with E-state index in [4.69, 9.17) is 10.5 Å². The van der Waals surface area contributed by atoms with Crippen molar-refractivity contribution in [3.63, 3.8) is 0 Å². The Morgan fingerprint density at radius 2 is 1.73 bits per heavy atom. The van der Waals surface area contributed by atoms with Gasteiger partial charge in [-0.2, -0.15) is 0 Å². The normalized spacial score (nSPS) is 32.9. The molecule has 0 saturated heterocycles. The molecule has 0 radical (unpaired) electrons. The number of aromatic hydroxyl groups is 1. The van der Waals surface area contributed by atoms with Crippen LogP contribution in [0.1, 0.15) is 33.8 Å². The van der Waals surface area contributed by atoms with Crippen LogP contribution in [-0.2, 0) is 30.5 Å². The summed E-state index contributed by atoms with van der Waals surface area (Å²) in [5.74, 6) is -13.4. The summed E-state index contributed by atoms with van der Waals surface area (Å²) in [5.41, 5.74) is 3.28. The van der Waals surface area contributed by atoms with Crippen LogP contribution in [0.15, 0.2) is 48.5 Å². The van der Waals surface area contributed by atoms with Gasteiger partial charge in [0.1, 0.15) is 5.75 Å². The van der Waals surface area contributed by atoms with E-state index in [-0.39, 0.29) is 18.8 Å². The van der Waals surface area contributed by atoms with Gasteiger partial charge in [0.05, 0.1) is 30.8 Å². The maximum atomic E-state index is 13.7. The summed E-state index contributed by atoms with van der Waals surface area (Å²) in [4.78, 5) is 64.8. The Hall–Kier alpha value is -3.73. The molecule has 1 amide bonds. The number of ether oxygens (including phenoxy) is 1. The van der Waals surface area contributed by atoms with Crippen molar-refractivity contribution < 1.29 is 44.0 Å². The zero-order chi connectivity index (χ0) is 26.6. The van der Waals surface area contributed by atoms with Crippen LogP contribution >= 0.6 is 0 Å². The monoisotopic (exact) mass is 507 g/mol. The lowest BCUT2D eigenvalue weighted by atomic mass is 9.50. The van der Waals surface area contributed by atoms with Gasteiger partial charge >= 0.3 is 0 Å². The third kappa shape index (κ3) is 3.63. The highest BCUT2D eigenvalue weighted by Crippen LogP contribution is 2.54. The minimum absolute atomic E-state index is 0.0684. The maximum Gasteiger partial charge on any atom is 0.235 e. The number of rotatable bonds is 5. The minimum Gasteiger partial charge on any atom is -0.507 e. The molecule has 0 spiro atoms. The molecule has 37 heavy (non-hydrogen) atoms. The van der Waals surface area contributed by atoms with E-state index in [1.165, 1.54) is 12.1 Å². The zero-order valence-corrected chi connectivity index (χ0v) is 19.6. The van der Waals surface area contributed by atoms with E-state index in [9.17, 15) is 39.3 Å². The molecule has 3 aliphatic carbocycles. The van der Waals surface area contributed by atoms with Gasteiger partial charge in [0.2, 0.25) is 5.91 Å². The fourth-order valence-electron chi connectivity index (χ4n) is 6.21. The lowest BCUT2D eigenvalue weighted by Gasteiger charge is -2.53. The second kappa shape index (κ2) is 8.98. The van der Waals surface area contributed by atoms with Gasteiger partial charge in [-0.1, -0.05) is 42.5 Å². The molecular weight excluding hydrogens is 482 g/mol. The second-order valence-electron chi connectivity index (χ2n) is 9.87. The highest BCUT2D eigenvalue weighted by molar-refractivity contribution is 6.31. The first-order valence-electron chi connectivity index (χ1n) is 11.9. The number of aliphatic hydroxyl groups is 2. The Morgan fingerprint density at radius 3 is 2.41 bits per heavy atom. The molecule has 0 heterocycles. The molecule has 192 valence electrons. The standard InChI is InChI=1S/C27H25NO9/c28-26(35)20-17(30)9-15-22(31)19-14(11-37-10-12-5-2-1-3-6-12)13-7-4-8-16(29)18(13)23(32)21(19)25(34)27(15,36)24(20)33/h1-8,14-15,19-22,29,31,36H,9-11H2,(H2,28,35)/t14?,15-,19-,20?,21?,22-,27-/m1/s1. The molecular formula is C27H25NO9. The van der Waals surface area contributed by atoms with Crippen molar-refractivity contribution >= 4 is 29.0 Å². The third-order valence-electron chi connectivity index (χ3n) is 7.93. The number of nitrogens with two attached hydrogens (primary N) is 1. The predicted molar refractivity (Wildman–Crippen MR) is 125 cm³/mol. The highest BCUT2D eigenvalue weighted by Gasteiger charge is 2.70. The largest absolute Gasteiger partial charge is 0.507 e. The third-order valence-corrected chi connectivity index (χ3v) is 7.93. The van der Waals surface area contributed by atoms with Crippen molar-refractivity contribution in [3.05, 3.63) is 65.2 Å². The average molecular weight is 507 g/mol. The first kappa shape index (κ1) is 24.9. The van der Waals surface area contributed by atoms with E-state index in [1.807, 2.05) is 30.3 Å². The Labute approximate surface area is 211 Å². The fourth-order valence-corrected chi connectivity index (χ4v) is 6.21. The molecule has 10 heteroatoms. The molecule has 2 aromatic carbocycles. The molecule has 3 aliphatic rings. The first-order chi connectivity index (χ1) is 17.6. The van der Waals surface area contributed by atoms with Crippen LogP contribution in [0.5, 0.6) is 5.75 Å². The highest BCUT2D eigenvalue weighted by atomic mass is 16.5. The number of carbonyl (C=O) groups excluding carboxylic acids is 5. The number of amides is 1. The van der Waals surface area contributed by atoms with Gasteiger partial charge in [-0.3, -0.25) is 24.0 Å². The summed E-state index contributed by atoms with van der Waals surface area (Å²) in [6, 6.07) is 13.6. The van der Waals surface area contributed by atoms with Crippen molar-refractivity contribution in [3.8, 4) is 5.75 Å². The maximum absolute atomic E-state index is 13.7. The Morgan fingerprint density at radius 1 is 1.03 bits per heavy atom. The fraction of sp³-hybridized carbons (Fsp3) is 0.370. The van der Waals surface area contributed by atoms with E-state index in [1.54, 1.807) is 6.07 Å². The summed E-state index contributed by atoms with van der Waals surface area (Å²) in [6.45, 7) is 0.118.